The summed E-state index contributed by atoms with van der Waals surface area (Å²) in [6.07, 6.45) is 0. The molecule has 0 aliphatic carbocycles. The van der Waals surface area contributed by atoms with Crippen LogP contribution in [0, 0.1) is 6.92 Å². The number of methoxy groups -OCH3 is 1. The molecule has 2 aromatic rings. The largest absolute Gasteiger partial charge is 0.497 e. The molecule has 0 unspecified atom stereocenters. The fourth-order valence-corrected chi connectivity index (χ4v) is 3.96. The van der Waals surface area contributed by atoms with Crippen molar-refractivity contribution in [3.63, 3.8) is 0 Å². The Bertz CT molecular complexity index is 868. The second-order valence-electron chi connectivity index (χ2n) is 6.28. The zero-order valence-corrected chi connectivity index (χ0v) is 19.8. The number of anilines is 1. The molecule has 162 valence electrons. The highest BCUT2D eigenvalue weighted by atomic mass is 79.9. The number of carbonyl (C=O) groups is 3. The highest BCUT2D eigenvalue weighted by molar-refractivity contribution is 9.11. The van der Waals surface area contributed by atoms with Gasteiger partial charge in [-0.05, 0) is 81.2 Å². The minimum Gasteiger partial charge on any atom is -0.497 e. The van der Waals surface area contributed by atoms with Crippen molar-refractivity contribution in [1.29, 1.82) is 0 Å². The zero-order valence-electron chi connectivity index (χ0n) is 16.6. The zero-order chi connectivity index (χ0) is 22.8. The number of ether oxygens (including phenoxy) is 1. The van der Waals surface area contributed by atoms with Crippen molar-refractivity contribution in [2.75, 3.05) is 26.0 Å². The van der Waals surface area contributed by atoms with Crippen molar-refractivity contribution in [1.82, 2.24) is 4.90 Å². The summed E-state index contributed by atoms with van der Waals surface area (Å²) in [5.41, 5.74) is 3.00. The van der Waals surface area contributed by atoms with Gasteiger partial charge in [-0.15, -0.1) is 0 Å². The number of hydrogen-bond donors (Lipinski definition) is 3. The predicted octanol–water partition coefficient (Wildman–Crippen LogP) is 3.75. The second kappa shape index (κ2) is 12.3. The number of hydrogen-bond acceptors (Lipinski definition) is 5. The van der Waals surface area contributed by atoms with Crippen molar-refractivity contribution in [3.8, 4) is 5.75 Å². The maximum atomic E-state index is 12.3. The van der Waals surface area contributed by atoms with E-state index in [4.69, 9.17) is 24.5 Å². The van der Waals surface area contributed by atoms with E-state index >= 15 is 0 Å². The number of amides is 1. The fourth-order valence-electron chi connectivity index (χ4n) is 2.34. The number of aryl methyl sites for hydroxylation is 1. The molecule has 0 atom stereocenters. The summed E-state index contributed by atoms with van der Waals surface area (Å²) >= 11 is 6.98. The van der Waals surface area contributed by atoms with Gasteiger partial charge in [-0.2, -0.15) is 0 Å². The summed E-state index contributed by atoms with van der Waals surface area (Å²) in [6.45, 7) is 3.00. The van der Waals surface area contributed by atoms with Crippen LogP contribution in [-0.2, 0) is 20.9 Å². The van der Waals surface area contributed by atoms with E-state index in [1.807, 2.05) is 55.3 Å². The Morgan fingerprint density at radius 2 is 1.53 bits per heavy atom. The summed E-state index contributed by atoms with van der Waals surface area (Å²) < 4.78 is 6.87. The molecule has 0 bridgehead atoms. The van der Waals surface area contributed by atoms with Crippen LogP contribution in [0.5, 0.6) is 5.75 Å². The number of benzene rings is 2. The third-order valence-electron chi connectivity index (χ3n) is 3.66. The summed E-state index contributed by atoms with van der Waals surface area (Å²) in [7, 11) is 3.57. The van der Waals surface area contributed by atoms with Gasteiger partial charge < -0.3 is 20.3 Å². The van der Waals surface area contributed by atoms with E-state index in [2.05, 4.69) is 37.2 Å². The molecule has 0 aliphatic heterocycles. The number of carboxylic acids is 2. The molecular weight excluding hydrogens is 524 g/mol. The summed E-state index contributed by atoms with van der Waals surface area (Å²) in [4.78, 5) is 32.5. The molecule has 0 saturated carbocycles. The van der Waals surface area contributed by atoms with Gasteiger partial charge in [0.15, 0.2) is 0 Å². The van der Waals surface area contributed by atoms with Crippen molar-refractivity contribution < 1.29 is 29.3 Å². The lowest BCUT2D eigenvalue weighted by atomic mass is 10.2. The molecule has 30 heavy (non-hydrogen) atoms. The molecule has 8 nitrogen and oxygen atoms in total. The summed E-state index contributed by atoms with van der Waals surface area (Å²) in [6, 6.07) is 11.8. The molecule has 0 radical (unpaired) electrons. The molecule has 0 aliphatic rings. The molecule has 1 amide bonds. The van der Waals surface area contributed by atoms with E-state index in [0.717, 1.165) is 31.5 Å². The Labute approximate surface area is 191 Å². The molecule has 2 aromatic carbocycles. The molecule has 3 N–H and O–H groups in total. The van der Waals surface area contributed by atoms with E-state index in [1.165, 1.54) is 0 Å². The average molecular weight is 546 g/mol. The molecule has 0 fully saturated rings. The standard InChI is InChI=1S/C18H20Br2N2O2.C2H2O4/c1-12-8-15(19)18(16(20)9-12)21-17(23)11-22(2)10-13-4-6-14(24-3)7-5-13;3-1(4)2(5)6/h4-9H,10-11H2,1-3H3,(H,21,23);(H,3,4)(H,5,6). The molecule has 2 rings (SSSR count). The van der Waals surface area contributed by atoms with Crippen LogP contribution in [0.2, 0.25) is 0 Å². The summed E-state index contributed by atoms with van der Waals surface area (Å²) in [5.74, 6) is -2.88. The number of carboxylic acid groups (broad SMARTS) is 2. The first-order valence-corrected chi connectivity index (χ1v) is 10.1. The van der Waals surface area contributed by atoms with Crippen LogP contribution in [0.1, 0.15) is 11.1 Å². The van der Waals surface area contributed by atoms with Gasteiger partial charge in [-0.1, -0.05) is 12.1 Å². The minimum atomic E-state index is -1.82. The third-order valence-corrected chi connectivity index (χ3v) is 4.91. The van der Waals surface area contributed by atoms with Crippen molar-refractivity contribution in [2.24, 2.45) is 0 Å². The van der Waals surface area contributed by atoms with Gasteiger partial charge in [0.2, 0.25) is 5.91 Å². The molecular formula is C20H22Br2N2O6. The molecule has 0 spiro atoms. The van der Waals surface area contributed by atoms with Gasteiger partial charge in [0.1, 0.15) is 5.75 Å². The molecule has 10 heteroatoms. The van der Waals surface area contributed by atoms with E-state index < -0.39 is 11.9 Å². The van der Waals surface area contributed by atoms with Crippen LogP contribution in [0.4, 0.5) is 5.69 Å². The lowest BCUT2D eigenvalue weighted by Crippen LogP contribution is -2.30. The minimum absolute atomic E-state index is 0.0590. The maximum absolute atomic E-state index is 12.3. The summed E-state index contributed by atoms with van der Waals surface area (Å²) in [5, 5.41) is 17.7. The van der Waals surface area contributed by atoms with E-state index in [-0.39, 0.29) is 5.91 Å². The Hall–Kier alpha value is -2.43. The molecule has 0 saturated heterocycles. The number of nitrogens with one attached hydrogen (secondary N) is 1. The van der Waals surface area contributed by atoms with Crippen LogP contribution < -0.4 is 10.1 Å². The Kier molecular flexibility index (Phi) is 10.5. The topological polar surface area (TPSA) is 116 Å². The highest BCUT2D eigenvalue weighted by Gasteiger charge is 2.12. The van der Waals surface area contributed by atoms with Gasteiger partial charge in [0.05, 0.1) is 19.3 Å². The van der Waals surface area contributed by atoms with E-state index in [0.29, 0.717) is 13.1 Å². The van der Waals surface area contributed by atoms with E-state index in [9.17, 15) is 4.79 Å². The lowest BCUT2D eigenvalue weighted by Gasteiger charge is -2.17. The molecule has 0 aromatic heterocycles. The fraction of sp³-hybridized carbons (Fsp3) is 0.250. The number of aliphatic carboxylic acids is 2. The van der Waals surface area contributed by atoms with Crippen LogP contribution >= 0.6 is 31.9 Å². The highest BCUT2D eigenvalue weighted by Crippen LogP contribution is 2.32. The average Bonchev–Trinajstić information content (AvgIpc) is 2.65. The number of halogens is 2. The number of rotatable bonds is 6. The quantitative estimate of drug-likeness (QED) is 0.473. The monoisotopic (exact) mass is 544 g/mol. The van der Waals surface area contributed by atoms with Gasteiger partial charge >= 0.3 is 11.9 Å². The number of carbonyl (C=O) groups excluding carboxylic acids is 1. The van der Waals surface area contributed by atoms with Crippen LogP contribution in [-0.4, -0.2) is 53.7 Å². The van der Waals surface area contributed by atoms with Gasteiger partial charge in [-0.3, -0.25) is 9.69 Å². The van der Waals surface area contributed by atoms with Gasteiger partial charge in [0, 0.05) is 15.5 Å². The van der Waals surface area contributed by atoms with Gasteiger partial charge in [0.25, 0.3) is 0 Å². The first-order valence-electron chi connectivity index (χ1n) is 8.56. The first kappa shape index (κ1) is 25.6. The Balaban J connectivity index is 0.000000656. The first-order chi connectivity index (χ1) is 14.0. The number of nitrogens with zero attached hydrogens (tertiary/aromatic N) is 1. The van der Waals surface area contributed by atoms with Crippen LogP contribution in [0.15, 0.2) is 45.3 Å². The van der Waals surface area contributed by atoms with E-state index in [1.54, 1.807) is 7.11 Å². The van der Waals surface area contributed by atoms with Crippen molar-refractivity contribution >= 4 is 55.4 Å². The van der Waals surface area contributed by atoms with Crippen LogP contribution in [0.25, 0.3) is 0 Å². The Morgan fingerprint density at radius 3 is 1.97 bits per heavy atom. The second-order valence-corrected chi connectivity index (χ2v) is 7.99. The van der Waals surface area contributed by atoms with Crippen molar-refractivity contribution in [3.05, 3.63) is 56.5 Å². The third kappa shape index (κ3) is 8.93. The molecule has 0 heterocycles. The van der Waals surface area contributed by atoms with Crippen molar-refractivity contribution in [2.45, 2.75) is 13.5 Å². The smallest absolute Gasteiger partial charge is 0.414 e. The van der Waals surface area contributed by atoms with Crippen LogP contribution in [0.3, 0.4) is 0 Å². The SMILES string of the molecule is COc1ccc(CN(C)CC(=O)Nc2c(Br)cc(C)cc2Br)cc1.O=C(O)C(=O)O. The lowest BCUT2D eigenvalue weighted by molar-refractivity contribution is -0.159. The predicted molar refractivity (Wildman–Crippen MR) is 120 cm³/mol. The maximum Gasteiger partial charge on any atom is 0.414 e. The Morgan fingerprint density at radius 1 is 1.03 bits per heavy atom. The van der Waals surface area contributed by atoms with Gasteiger partial charge in [-0.25, -0.2) is 9.59 Å². The number of likely N-dealkylation sites (N-methyl/N-ethyl adjacent to an activating group) is 1. The normalized spacial score (nSPS) is 10.1.